The van der Waals surface area contributed by atoms with Gasteiger partial charge in [-0.05, 0) is 46.7 Å². The van der Waals surface area contributed by atoms with Crippen LogP contribution in [0.15, 0.2) is 69.8 Å². The number of benzene rings is 2. The molecule has 1 aromatic heterocycles. The molecule has 184 valence electrons. The highest BCUT2D eigenvalue weighted by molar-refractivity contribution is 8.00. The summed E-state index contributed by atoms with van der Waals surface area (Å²) in [4.78, 5) is 39.0. The molecule has 0 radical (unpaired) electrons. The van der Waals surface area contributed by atoms with E-state index in [2.05, 4.69) is 43.5 Å². The van der Waals surface area contributed by atoms with Gasteiger partial charge in [-0.2, -0.15) is 0 Å². The van der Waals surface area contributed by atoms with E-state index in [4.69, 9.17) is 4.74 Å². The second kappa shape index (κ2) is 12.3. The van der Waals surface area contributed by atoms with Crippen LogP contribution in [0.2, 0.25) is 0 Å². The second-order valence-electron chi connectivity index (χ2n) is 8.60. The summed E-state index contributed by atoms with van der Waals surface area (Å²) in [6.07, 6.45) is 0. The number of esters is 1. The van der Waals surface area contributed by atoms with Crippen molar-refractivity contribution in [3.05, 3.63) is 70.4 Å². The highest BCUT2D eigenvalue weighted by Crippen LogP contribution is 2.29. The lowest BCUT2D eigenvalue weighted by Crippen LogP contribution is -2.17. The van der Waals surface area contributed by atoms with Crippen molar-refractivity contribution < 1.29 is 19.1 Å². The van der Waals surface area contributed by atoms with Gasteiger partial charge in [0.15, 0.2) is 0 Å². The second-order valence-corrected chi connectivity index (χ2v) is 11.6. The minimum Gasteiger partial charge on any atom is -0.465 e. The number of amides is 2. The van der Waals surface area contributed by atoms with E-state index in [0.29, 0.717) is 16.3 Å². The number of anilines is 2. The summed E-state index contributed by atoms with van der Waals surface area (Å²) < 4.78 is 4.74. The molecule has 0 bridgehead atoms. The first kappa shape index (κ1) is 26.8. The van der Waals surface area contributed by atoms with Gasteiger partial charge in [0.1, 0.15) is 4.88 Å². The molecule has 2 N–H and O–H groups in total. The Labute approximate surface area is 218 Å². The van der Waals surface area contributed by atoms with Crippen molar-refractivity contribution in [3.8, 4) is 0 Å². The zero-order valence-electron chi connectivity index (χ0n) is 20.0. The lowest BCUT2D eigenvalue weighted by atomic mass is 9.87. The quantitative estimate of drug-likeness (QED) is 0.251. The van der Waals surface area contributed by atoms with E-state index in [1.807, 2.05) is 36.4 Å². The predicted molar refractivity (Wildman–Crippen MR) is 146 cm³/mol. The Morgan fingerprint density at radius 1 is 0.857 bits per heavy atom. The molecular weight excluding hydrogens is 500 g/mol. The van der Waals surface area contributed by atoms with Gasteiger partial charge >= 0.3 is 5.97 Å². The Morgan fingerprint density at radius 3 is 2.14 bits per heavy atom. The van der Waals surface area contributed by atoms with E-state index in [0.717, 1.165) is 9.79 Å². The van der Waals surface area contributed by atoms with Gasteiger partial charge in [0, 0.05) is 9.79 Å². The summed E-state index contributed by atoms with van der Waals surface area (Å²) in [5.41, 5.74) is 2.43. The number of ether oxygens (including phenoxy) is 1. The highest BCUT2D eigenvalue weighted by Gasteiger charge is 2.17. The summed E-state index contributed by atoms with van der Waals surface area (Å²) in [5, 5.41) is 7.41. The summed E-state index contributed by atoms with van der Waals surface area (Å²) in [7, 11) is 1.30. The van der Waals surface area contributed by atoms with Crippen LogP contribution in [0, 0.1) is 0 Å². The van der Waals surface area contributed by atoms with Crippen LogP contribution in [0.5, 0.6) is 0 Å². The number of carbonyl (C=O) groups excluding carboxylic acids is 3. The monoisotopic (exact) mass is 528 g/mol. The molecule has 3 rings (SSSR count). The molecule has 0 saturated heterocycles. The van der Waals surface area contributed by atoms with E-state index < -0.39 is 5.97 Å². The number of hydrogen-bond donors (Lipinski definition) is 2. The van der Waals surface area contributed by atoms with E-state index in [-0.39, 0.29) is 28.7 Å². The Bertz CT molecular complexity index is 1180. The molecule has 1 heterocycles. The maximum atomic E-state index is 12.6. The fourth-order valence-corrected chi connectivity index (χ4v) is 5.34. The molecule has 0 saturated carbocycles. The van der Waals surface area contributed by atoms with Gasteiger partial charge in [-0.25, -0.2) is 4.79 Å². The van der Waals surface area contributed by atoms with Crippen LogP contribution in [0.25, 0.3) is 0 Å². The van der Waals surface area contributed by atoms with Crippen LogP contribution in [0.1, 0.15) is 36.0 Å². The van der Waals surface area contributed by atoms with Crippen molar-refractivity contribution in [1.82, 2.24) is 0 Å². The standard InChI is InChI=1S/C26H28N2O4S3/c1-26(2,3)17-9-11-18(12-10-17)34-15-22(29)27-19-7-5-6-8-21(19)35-16-23(30)28-20-13-14-33-24(20)25(31)32-4/h5-14H,15-16H2,1-4H3,(H,27,29)(H,28,30). The van der Waals surface area contributed by atoms with Crippen molar-refractivity contribution in [1.29, 1.82) is 0 Å². The van der Waals surface area contributed by atoms with Crippen molar-refractivity contribution in [2.45, 2.75) is 36.0 Å². The Kier molecular flexibility index (Phi) is 9.42. The van der Waals surface area contributed by atoms with E-state index in [1.54, 1.807) is 11.4 Å². The van der Waals surface area contributed by atoms with E-state index in [9.17, 15) is 14.4 Å². The van der Waals surface area contributed by atoms with Gasteiger partial charge in [0.25, 0.3) is 0 Å². The molecule has 2 amide bonds. The normalized spacial score (nSPS) is 11.1. The van der Waals surface area contributed by atoms with Gasteiger partial charge < -0.3 is 15.4 Å². The number of hydrogen-bond acceptors (Lipinski definition) is 7. The fraction of sp³-hybridized carbons (Fsp3) is 0.269. The maximum absolute atomic E-state index is 12.6. The van der Waals surface area contributed by atoms with E-state index >= 15 is 0 Å². The first-order chi connectivity index (χ1) is 16.7. The number of thioether (sulfide) groups is 2. The number of nitrogens with one attached hydrogen (secondary N) is 2. The van der Waals surface area contributed by atoms with Crippen molar-refractivity contribution in [2.24, 2.45) is 0 Å². The molecule has 3 aromatic rings. The molecule has 6 nitrogen and oxygen atoms in total. The van der Waals surface area contributed by atoms with E-state index in [1.165, 1.54) is 47.5 Å². The number of thiophene rings is 1. The fourth-order valence-electron chi connectivity index (χ4n) is 3.07. The van der Waals surface area contributed by atoms with Crippen molar-refractivity contribution >= 4 is 64.0 Å². The SMILES string of the molecule is COC(=O)c1sccc1NC(=O)CSc1ccccc1NC(=O)CSc1ccc(C(C)(C)C)cc1. The Morgan fingerprint density at radius 2 is 1.49 bits per heavy atom. The number of methoxy groups -OCH3 is 1. The molecule has 0 aliphatic heterocycles. The molecule has 0 aliphatic carbocycles. The van der Waals surface area contributed by atoms with Crippen molar-refractivity contribution in [2.75, 3.05) is 29.2 Å². The zero-order chi connectivity index (χ0) is 25.4. The molecule has 35 heavy (non-hydrogen) atoms. The zero-order valence-corrected chi connectivity index (χ0v) is 22.5. The lowest BCUT2D eigenvalue weighted by Gasteiger charge is -2.19. The highest BCUT2D eigenvalue weighted by atomic mass is 32.2. The average Bonchev–Trinajstić information content (AvgIpc) is 3.29. The smallest absolute Gasteiger partial charge is 0.350 e. The molecular formula is C26H28N2O4S3. The Balaban J connectivity index is 1.53. The molecule has 0 spiro atoms. The molecule has 0 fully saturated rings. The first-order valence-corrected chi connectivity index (χ1v) is 13.7. The largest absolute Gasteiger partial charge is 0.465 e. The number of para-hydroxylation sites is 1. The lowest BCUT2D eigenvalue weighted by molar-refractivity contribution is -0.114. The summed E-state index contributed by atoms with van der Waals surface area (Å²) >= 11 is 4.00. The number of rotatable bonds is 9. The summed E-state index contributed by atoms with van der Waals surface area (Å²) in [6, 6.07) is 17.3. The molecule has 0 aliphatic rings. The third-order valence-corrected chi connectivity index (χ3v) is 7.90. The van der Waals surface area contributed by atoms with Crippen LogP contribution in [0.3, 0.4) is 0 Å². The Hall–Kier alpha value is -2.75. The van der Waals surface area contributed by atoms with Gasteiger partial charge in [-0.15, -0.1) is 34.9 Å². The van der Waals surface area contributed by atoms with Crippen LogP contribution in [-0.2, 0) is 19.7 Å². The predicted octanol–water partition coefficient (Wildman–Crippen LogP) is 6.29. The van der Waals surface area contributed by atoms with Gasteiger partial charge in [-0.3, -0.25) is 9.59 Å². The van der Waals surface area contributed by atoms with Gasteiger partial charge in [0.2, 0.25) is 11.8 Å². The summed E-state index contributed by atoms with van der Waals surface area (Å²) in [5.74, 6) is -0.456. The minimum absolute atomic E-state index is 0.0895. The molecule has 9 heteroatoms. The number of carbonyl (C=O) groups is 3. The summed E-state index contributed by atoms with van der Waals surface area (Å²) in [6.45, 7) is 6.51. The van der Waals surface area contributed by atoms with Crippen LogP contribution in [-0.4, -0.2) is 36.4 Å². The molecule has 0 atom stereocenters. The third kappa shape index (κ3) is 7.88. The maximum Gasteiger partial charge on any atom is 0.350 e. The first-order valence-electron chi connectivity index (χ1n) is 10.9. The van der Waals surface area contributed by atoms with Gasteiger partial charge in [-0.1, -0.05) is 45.0 Å². The molecule has 0 unspecified atom stereocenters. The van der Waals surface area contributed by atoms with Crippen molar-refractivity contribution in [3.63, 3.8) is 0 Å². The van der Waals surface area contributed by atoms with Gasteiger partial charge in [0.05, 0.1) is 30.0 Å². The van der Waals surface area contributed by atoms with Crippen LogP contribution >= 0.6 is 34.9 Å². The van der Waals surface area contributed by atoms with Crippen LogP contribution in [0.4, 0.5) is 11.4 Å². The topological polar surface area (TPSA) is 84.5 Å². The third-order valence-electron chi connectivity index (χ3n) is 4.92. The minimum atomic E-state index is -0.487. The van der Waals surface area contributed by atoms with Crippen LogP contribution < -0.4 is 10.6 Å². The average molecular weight is 529 g/mol. The molecule has 2 aromatic carbocycles.